The second-order valence-corrected chi connectivity index (χ2v) is 4.99. The van der Waals surface area contributed by atoms with Crippen molar-refractivity contribution in [2.24, 2.45) is 5.73 Å². The lowest BCUT2D eigenvalue weighted by Crippen LogP contribution is -2.50. The first-order valence-corrected chi connectivity index (χ1v) is 6.46. The van der Waals surface area contributed by atoms with E-state index in [4.69, 9.17) is 5.73 Å². The molecular weight excluding hydrogens is 218 g/mol. The minimum atomic E-state index is -0.411. The Kier molecular flexibility index (Phi) is 3.66. The molecule has 0 aromatic heterocycles. The fourth-order valence-corrected chi connectivity index (χ4v) is 2.62. The van der Waals surface area contributed by atoms with E-state index in [2.05, 4.69) is 0 Å². The fourth-order valence-electron chi connectivity index (χ4n) is 2.62. The molecule has 0 bridgehead atoms. The zero-order chi connectivity index (χ0) is 12.4. The summed E-state index contributed by atoms with van der Waals surface area (Å²) in [6, 6.07) is -0.763. The van der Waals surface area contributed by atoms with Gasteiger partial charge in [-0.2, -0.15) is 0 Å². The molecule has 17 heavy (non-hydrogen) atoms. The predicted molar refractivity (Wildman–Crippen MR) is 64.2 cm³/mol. The van der Waals surface area contributed by atoms with Crippen LogP contribution in [0.3, 0.4) is 0 Å². The number of piperidine rings is 1. The highest BCUT2D eigenvalue weighted by atomic mass is 16.2. The van der Waals surface area contributed by atoms with E-state index >= 15 is 0 Å². The third-order valence-corrected chi connectivity index (χ3v) is 3.77. The minimum absolute atomic E-state index is 0.0761. The zero-order valence-corrected chi connectivity index (χ0v) is 10.4. The summed E-state index contributed by atoms with van der Waals surface area (Å²) < 4.78 is 0. The average Bonchev–Trinajstić information content (AvgIpc) is 2.69. The van der Waals surface area contributed by atoms with Crippen LogP contribution in [-0.4, -0.2) is 53.3 Å². The van der Waals surface area contributed by atoms with E-state index in [1.54, 1.807) is 4.90 Å². The lowest BCUT2D eigenvalue weighted by Gasteiger charge is -2.32. The van der Waals surface area contributed by atoms with Crippen LogP contribution in [0.4, 0.5) is 0 Å². The number of likely N-dealkylation sites (tertiary alicyclic amines) is 2. The van der Waals surface area contributed by atoms with E-state index in [0.29, 0.717) is 13.0 Å². The van der Waals surface area contributed by atoms with Crippen LogP contribution in [0.1, 0.15) is 32.6 Å². The van der Waals surface area contributed by atoms with Gasteiger partial charge in [-0.1, -0.05) is 0 Å². The highest BCUT2D eigenvalue weighted by molar-refractivity contribution is 5.90. The molecule has 2 atom stereocenters. The van der Waals surface area contributed by atoms with Gasteiger partial charge < -0.3 is 15.5 Å². The van der Waals surface area contributed by atoms with Crippen LogP contribution < -0.4 is 5.73 Å². The predicted octanol–water partition coefficient (Wildman–Crippen LogP) is -0.0530. The van der Waals surface area contributed by atoms with Crippen molar-refractivity contribution in [2.45, 2.75) is 44.7 Å². The van der Waals surface area contributed by atoms with Crippen molar-refractivity contribution in [3.63, 3.8) is 0 Å². The zero-order valence-electron chi connectivity index (χ0n) is 10.4. The van der Waals surface area contributed by atoms with Crippen LogP contribution in [0.15, 0.2) is 0 Å². The van der Waals surface area contributed by atoms with Gasteiger partial charge in [0.15, 0.2) is 0 Å². The van der Waals surface area contributed by atoms with Crippen LogP contribution >= 0.6 is 0 Å². The second kappa shape index (κ2) is 5.04. The largest absolute Gasteiger partial charge is 0.341 e. The average molecular weight is 239 g/mol. The van der Waals surface area contributed by atoms with Crippen molar-refractivity contribution in [1.82, 2.24) is 9.80 Å². The van der Waals surface area contributed by atoms with E-state index in [9.17, 15) is 9.59 Å². The maximum Gasteiger partial charge on any atom is 0.245 e. The van der Waals surface area contributed by atoms with Crippen molar-refractivity contribution in [2.75, 3.05) is 19.6 Å². The SMILES string of the molecule is C[C@@H](C(=O)N1CCCCC1)N1CC[C@@H](N)C1=O. The fraction of sp³-hybridized carbons (Fsp3) is 0.833. The summed E-state index contributed by atoms with van der Waals surface area (Å²) in [4.78, 5) is 27.5. The molecule has 0 spiro atoms. The van der Waals surface area contributed by atoms with Gasteiger partial charge >= 0.3 is 0 Å². The van der Waals surface area contributed by atoms with Gasteiger partial charge in [0.2, 0.25) is 11.8 Å². The molecule has 2 aliphatic rings. The number of nitrogens with two attached hydrogens (primary N) is 1. The smallest absolute Gasteiger partial charge is 0.245 e. The van der Waals surface area contributed by atoms with Crippen LogP contribution in [0.2, 0.25) is 0 Å². The molecule has 5 nitrogen and oxygen atoms in total. The van der Waals surface area contributed by atoms with Crippen LogP contribution in [-0.2, 0) is 9.59 Å². The maximum atomic E-state index is 12.2. The molecule has 2 N–H and O–H groups in total. The molecule has 0 radical (unpaired) electrons. The lowest BCUT2D eigenvalue weighted by atomic mass is 10.1. The van der Waals surface area contributed by atoms with Gasteiger partial charge in [-0.05, 0) is 32.6 Å². The van der Waals surface area contributed by atoms with Gasteiger partial charge in [-0.15, -0.1) is 0 Å². The molecule has 2 heterocycles. The summed E-state index contributed by atoms with van der Waals surface area (Å²) in [5, 5.41) is 0. The summed E-state index contributed by atoms with van der Waals surface area (Å²) in [5.74, 6) is -0.00462. The highest BCUT2D eigenvalue weighted by Crippen LogP contribution is 2.17. The molecule has 2 rings (SSSR count). The minimum Gasteiger partial charge on any atom is -0.341 e. The summed E-state index contributed by atoms with van der Waals surface area (Å²) in [7, 11) is 0. The Hall–Kier alpha value is -1.10. The molecule has 2 fully saturated rings. The van der Waals surface area contributed by atoms with Crippen molar-refractivity contribution >= 4 is 11.8 Å². The Bertz CT molecular complexity index is 313. The molecule has 5 heteroatoms. The number of carbonyl (C=O) groups excluding carboxylic acids is 2. The molecule has 96 valence electrons. The first kappa shape index (κ1) is 12.4. The van der Waals surface area contributed by atoms with Gasteiger partial charge in [0, 0.05) is 19.6 Å². The third kappa shape index (κ3) is 2.44. The van der Waals surface area contributed by atoms with Gasteiger partial charge in [-0.3, -0.25) is 9.59 Å². The Morgan fingerprint density at radius 3 is 2.47 bits per heavy atom. The molecule has 0 aromatic rings. The first-order valence-electron chi connectivity index (χ1n) is 6.46. The molecule has 2 amide bonds. The monoisotopic (exact) mass is 239 g/mol. The Morgan fingerprint density at radius 2 is 1.94 bits per heavy atom. The van der Waals surface area contributed by atoms with Gasteiger partial charge in [0.1, 0.15) is 6.04 Å². The van der Waals surface area contributed by atoms with Crippen LogP contribution in [0.5, 0.6) is 0 Å². The number of amides is 2. The Morgan fingerprint density at radius 1 is 1.29 bits per heavy atom. The van der Waals surface area contributed by atoms with Gasteiger partial charge in [0.25, 0.3) is 0 Å². The molecule has 0 aliphatic carbocycles. The van der Waals surface area contributed by atoms with Crippen molar-refractivity contribution in [1.29, 1.82) is 0 Å². The Balaban J connectivity index is 1.97. The van der Waals surface area contributed by atoms with Crippen LogP contribution in [0, 0.1) is 0 Å². The summed E-state index contributed by atoms with van der Waals surface area (Å²) >= 11 is 0. The summed E-state index contributed by atoms with van der Waals surface area (Å²) in [5.41, 5.74) is 5.67. The first-order chi connectivity index (χ1) is 8.11. The van der Waals surface area contributed by atoms with E-state index in [0.717, 1.165) is 25.9 Å². The maximum absolute atomic E-state index is 12.2. The second-order valence-electron chi connectivity index (χ2n) is 4.99. The van der Waals surface area contributed by atoms with Crippen LogP contribution in [0.25, 0.3) is 0 Å². The summed E-state index contributed by atoms with van der Waals surface area (Å²) in [6.45, 7) is 4.09. The third-order valence-electron chi connectivity index (χ3n) is 3.77. The number of nitrogens with zero attached hydrogens (tertiary/aromatic N) is 2. The number of hydrogen-bond acceptors (Lipinski definition) is 3. The molecule has 0 aromatic carbocycles. The molecular formula is C12H21N3O2. The molecule has 2 aliphatic heterocycles. The number of hydrogen-bond donors (Lipinski definition) is 1. The number of carbonyl (C=O) groups is 2. The normalized spacial score (nSPS) is 27.4. The molecule has 0 unspecified atom stereocenters. The van der Waals surface area contributed by atoms with Crippen molar-refractivity contribution in [3.05, 3.63) is 0 Å². The molecule has 0 saturated carbocycles. The van der Waals surface area contributed by atoms with Gasteiger partial charge in [-0.25, -0.2) is 0 Å². The van der Waals surface area contributed by atoms with E-state index in [1.807, 2.05) is 11.8 Å². The summed E-state index contributed by atoms with van der Waals surface area (Å²) in [6.07, 6.45) is 4.01. The highest BCUT2D eigenvalue weighted by Gasteiger charge is 2.36. The standard InChI is InChI=1S/C12H21N3O2/c1-9(15-8-5-10(13)12(15)17)11(16)14-6-3-2-4-7-14/h9-10H,2-8,13H2,1H3/t9-,10+/m0/s1. The van der Waals surface area contributed by atoms with Crippen molar-refractivity contribution in [3.8, 4) is 0 Å². The van der Waals surface area contributed by atoms with E-state index < -0.39 is 6.04 Å². The Labute approximate surface area is 102 Å². The van der Waals surface area contributed by atoms with E-state index in [-0.39, 0.29) is 17.9 Å². The quantitative estimate of drug-likeness (QED) is 0.734. The van der Waals surface area contributed by atoms with Gasteiger partial charge in [0.05, 0.1) is 6.04 Å². The lowest BCUT2D eigenvalue weighted by molar-refractivity contribution is -0.143. The molecule has 2 saturated heterocycles. The number of rotatable bonds is 2. The topological polar surface area (TPSA) is 66.6 Å². The van der Waals surface area contributed by atoms with Crippen molar-refractivity contribution < 1.29 is 9.59 Å². The van der Waals surface area contributed by atoms with E-state index in [1.165, 1.54) is 6.42 Å².